The summed E-state index contributed by atoms with van der Waals surface area (Å²) in [5.41, 5.74) is 6.05. The number of aliphatic hydroxyl groups is 1. The number of hydrogen-bond donors (Lipinski definition) is 4. The van der Waals surface area contributed by atoms with Crippen molar-refractivity contribution in [3.05, 3.63) is 71.7 Å². The van der Waals surface area contributed by atoms with Crippen LogP contribution in [0.25, 0.3) is 16.6 Å². The summed E-state index contributed by atoms with van der Waals surface area (Å²) in [4.78, 5) is 29.9. The van der Waals surface area contributed by atoms with Crippen LogP contribution >= 0.6 is 0 Å². The molecule has 4 aromatic rings. The summed E-state index contributed by atoms with van der Waals surface area (Å²) in [6.45, 7) is 0.316. The van der Waals surface area contributed by atoms with Crippen molar-refractivity contribution in [1.29, 1.82) is 0 Å². The summed E-state index contributed by atoms with van der Waals surface area (Å²) in [7, 11) is 0. The van der Waals surface area contributed by atoms with E-state index in [0.717, 1.165) is 11.8 Å². The number of alkyl halides is 3. The second-order valence-corrected chi connectivity index (χ2v) is 9.67. The Labute approximate surface area is 234 Å². The molecular formula is C27H24F5N7O3. The van der Waals surface area contributed by atoms with Crippen molar-refractivity contribution in [2.24, 2.45) is 0 Å². The number of hydrogen-bond acceptors (Lipinski definition) is 6. The van der Waals surface area contributed by atoms with E-state index in [2.05, 4.69) is 15.4 Å². The van der Waals surface area contributed by atoms with E-state index >= 15 is 4.39 Å². The lowest BCUT2D eigenvalue weighted by molar-refractivity contribution is -0.137. The number of carbonyl (C=O) groups excluding carboxylic acids is 2. The third-order valence-corrected chi connectivity index (χ3v) is 7.08. The number of nitrogens with two attached hydrogens (primary N) is 1. The summed E-state index contributed by atoms with van der Waals surface area (Å²) in [5.74, 6) is -2.20. The first kappa shape index (κ1) is 28.7. The van der Waals surface area contributed by atoms with Crippen LogP contribution in [0.15, 0.2) is 48.8 Å². The summed E-state index contributed by atoms with van der Waals surface area (Å²) in [6, 6.07) is 6.07. The molecule has 15 heteroatoms. The number of aliphatic hydroxyl groups excluding tert-OH is 1. The zero-order valence-electron chi connectivity index (χ0n) is 21.8. The number of aromatic nitrogens is 3. The number of nitrogens with one attached hydrogen (secondary N) is 2. The van der Waals surface area contributed by atoms with Crippen LogP contribution in [0.1, 0.15) is 30.0 Å². The van der Waals surface area contributed by atoms with E-state index in [0.29, 0.717) is 60.8 Å². The Morgan fingerprint density at radius 3 is 2.38 bits per heavy atom. The lowest BCUT2D eigenvalue weighted by atomic mass is 9.93. The van der Waals surface area contributed by atoms with Gasteiger partial charge in [-0.3, -0.25) is 4.79 Å². The number of likely N-dealkylation sites (tertiary alicyclic amines) is 1. The Morgan fingerprint density at radius 1 is 1.00 bits per heavy atom. The number of nitrogens with zero attached hydrogens (tertiary/aromatic N) is 4. The number of urea groups is 1. The number of fused-ring (bicyclic) bond motifs is 1. The molecule has 2 aromatic carbocycles. The molecule has 42 heavy (non-hydrogen) atoms. The molecule has 220 valence electrons. The van der Waals surface area contributed by atoms with Gasteiger partial charge in [0.25, 0.3) is 0 Å². The van der Waals surface area contributed by atoms with Gasteiger partial charge in [0, 0.05) is 30.3 Å². The molecule has 3 heterocycles. The highest BCUT2D eigenvalue weighted by atomic mass is 19.4. The van der Waals surface area contributed by atoms with Gasteiger partial charge in [-0.1, -0.05) is 6.07 Å². The average molecular weight is 590 g/mol. The highest BCUT2D eigenvalue weighted by molar-refractivity contribution is 6.00. The van der Waals surface area contributed by atoms with Crippen molar-refractivity contribution in [1.82, 2.24) is 19.5 Å². The number of nitrogen functional groups attached to an aromatic ring is 1. The molecule has 0 saturated carbocycles. The van der Waals surface area contributed by atoms with Crippen LogP contribution in [0.2, 0.25) is 0 Å². The number of piperidine rings is 1. The number of benzene rings is 2. The number of amides is 3. The van der Waals surface area contributed by atoms with Gasteiger partial charge in [-0.25, -0.2) is 23.1 Å². The van der Waals surface area contributed by atoms with Gasteiger partial charge in [-0.05, 0) is 54.8 Å². The van der Waals surface area contributed by atoms with Crippen LogP contribution in [0.5, 0.6) is 0 Å². The third-order valence-electron chi connectivity index (χ3n) is 7.08. The van der Waals surface area contributed by atoms with Gasteiger partial charge >= 0.3 is 12.2 Å². The first-order chi connectivity index (χ1) is 20.0. The predicted molar refractivity (Wildman–Crippen MR) is 142 cm³/mol. The quantitative estimate of drug-likeness (QED) is 0.251. The molecule has 0 spiro atoms. The van der Waals surface area contributed by atoms with Crippen molar-refractivity contribution < 1.29 is 36.6 Å². The summed E-state index contributed by atoms with van der Waals surface area (Å²) in [5, 5.41) is 17.6. The minimum Gasteiger partial charge on any atom is -0.387 e. The molecule has 0 atom stereocenters. The number of halogens is 5. The summed E-state index contributed by atoms with van der Waals surface area (Å²) >= 11 is 0. The van der Waals surface area contributed by atoms with Crippen LogP contribution in [0.4, 0.5) is 43.9 Å². The largest absolute Gasteiger partial charge is 0.416 e. The highest BCUT2D eigenvalue weighted by Gasteiger charge is 2.31. The van der Waals surface area contributed by atoms with Gasteiger partial charge in [-0.2, -0.15) is 18.3 Å². The molecule has 2 aromatic heterocycles. The zero-order valence-corrected chi connectivity index (χ0v) is 21.8. The molecule has 1 aliphatic heterocycles. The van der Waals surface area contributed by atoms with Gasteiger partial charge < -0.3 is 26.4 Å². The van der Waals surface area contributed by atoms with Crippen LogP contribution in [0.3, 0.4) is 0 Å². The van der Waals surface area contributed by atoms with E-state index in [4.69, 9.17) is 10.8 Å². The van der Waals surface area contributed by atoms with Crippen LogP contribution < -0.4 is 16.4 Å². The van der Waals surface area contributed by atoms with Gasteiger partial charge in [0.15, 0.2) is 5.82 Å². The molecule has 0 bridgehead atoms. The van der Waals surface area contributed by atoms with Crippen molar-refractivity contribution >= 4 is 34.6 Å². The maximum atomic E-state index is 15.2. The third kappa shape index (κ3) is 5.68. The number of carbonyl (C=O) groups is 2. The van der Waals surface area contributed by atoms with E-state index in [1.807, 2.05) is 5.32 Å². The summed E-state index contributed by atoms with van der Waals surface area (Å²) < 4.78 is 69.7. The van der Waals surface area contributed by atoms with Crippen LogP contribution in [0, 0.1) is 11.6 Å². The maximum Gasteiger partial charge on any atom is 0.416 e. The monoisotopic (exact) mass is 589 g/mol. The molecular weight excluding hydrogens is 565 g/mol. The van der Waals surface area contributed by atoms with Gasteiger partial charge in [0.2, 0.25) is 5.91 Å². The fourth-order valence-electron chi connectivity index (χ4n) is 4.99. The molecule has 0 aliphatic carbocycles. The molecule has 1 fully saturated rings. The van der Waals surface area contributed by atoms with Crippen molar-refractivity contribution in [2.45, 2.75) is 24.9 Å². The lowest BCUT2D eigenvalue weighted by Crippen LogP contribution is -2.39. The fraction of sp³-hybridized carbons (Fsp3) is 0.259. The lowest BCUT2D eigenvalue weighted by Gasteiger charge is -2.31. The Morgan fingerprint density at radius 2 is 1.71 bits per heavy atom. The average Bonchev–Trinajstić information content (AvgIpc) is 3.35. The zero-order chi connectivity index (χ0) is 30.2. The highest BCUT2D eigenvalue weighted by Crippen LogP contribution is 2.37. The molecule has 0 radical (unpaired) electrons. The fourth-order valence-corrected chi connectivity index (χ4v) is 4.99. The molecule has 0 unspecified atom stereocenters. The Kier molecular flexibility index (Phi) is 7.69. The van der Waals surface area contributed by atoms with E-state index in [1.165, 1.54) is 18.5 Å². The Balaban J connectivity index is 1.38. The van der Waals surface area contributed by atoms with Crippen molar-refractivity contribution in [3.63, 3.8) is 0 Å². The molecule has 10 nitrogen and oxygen atoms in total. The Hall–Kier alpha value is -4.79. The van der Waals surface area contributed by atoms with E-state index in [-0.39, 0.29) is 23.3 Å². The smallest absolute Gasteiger partial charge is 0.387 e. The van der Waals surface area contributed by atoms with E-state index < -0.39 is 41.7 Å². The Bertz CT molecular complexity index is 1670. The number of anilines is 3. The second-order valence-electron chi connectivity index (χ2n) is 9.67. The van der Waals surface area contributed by atoms with E-state index in [1.54, 1.807) is 15.5 Å². The van der Waals surface area contributed by atoms with Gasteiger partial charge in [-0.15, -0.1) is 0 Å². The minimum absolute atomic E-state index is 0.0194. The van der Waals surface area contributed by atoms with Gasteiger partial charge in [0.1, 0.15) is 30.1 Å². The molecule has 1 saturated heterocycles. The van der Waals surface area contributed by atoms with Gasteiger partial charge in [0.05, 0.1) is 16.9 Å². The molecule has 1 aliphatic rings. The summed E-state index contributed by atoms with van der Waals surface area (Å²) in [6.07, 6.45) is -2.27. The molecule has 5 N–H and O–H groups in total. The van der Waals surface area contributed by atoms with Crippen LogP contribution in [-0.4, -0.2) is 56.2 Å². The normalized spacial score (nSPS) is 14.3. The minimum atomic E-state index is -4.75. The predicted octanol–water partition coefficient (Wildman–Crippen LogP) is 4.62. The standard InChI is InChI=1S/C27H24F5N7O3/c28-18-3-2-16(27(30,31)32)10-21(18)37-26(42)36-20-4-1-15(9-19(20)29)17-11-22(39-24(17)25(33)34-13-35-39)14-5-7-38(8-6-14)23(41)12-40/h1-4,9-11,13-14,40H,5-8,12H2,(H2,33,34,35)(H2,36,37,42). The van der Waals surface area contributed by atoms with Crippen LogP contribution in [-0.2, 0) is 11.0 Å². The van der Waals surface area contributed by atoms with Crippen molar-refractivity contribution in [2.75, 3.05) is 36.1 Å². The second kappa shape index (κ2) is 11.2. The first-order valence-electron chi connectivity index (χ1n) is 12.7. The van der Waals surface area contributed by atoms with E-state index in [9.17, 15) is 27.2 Å². The number of rotatable bonds is 5. The first-order valence-corrected chi connectivity index (χ1v) is 12.7. The SMILES string of the molecule is Nc1ncnn2c(C3CCN(C(=O)CO)CC3)cc(-c3ccc(NC(=O)Nc4cc(C(F)(F)F)ccc4F)c(F)c3)c12. The van der Waals surface area contributed by atoms with Crippen molar-refractivity contribution in [3.8, 4) is 11.1 Å². The molecule has 3 amide bonds. The maximum absolute atomic E-state index is 15.2. The topological polar surface area (TPSA) is 138 Å². The molecule has 5 rings (SSSR count).